The standard InChI is InChI=1S/C13H20N2O2/c1-10(16)9-15-13(17)8-7-12(14)11-5-3-2-4-6-11/h2-6,10,12,16H,7-9,14H2,1H3,(H,15,17)/t10-,12?/m1/s1. The molecule has 4 heteroatoms. The number of hydrogen-bond donors (Lipinski definition) is 3. The van der Waals surface area contributed by atoms with Crippen molar-refractivity contribution in [2.75, 3.05) is 6.54 Å². The van der Waals surface area contributed by atoms with Crippen LogP contribution in [0.5, 0.6) is 0 Å². The molecule has 0 radical (unpaired) electrons. The van der Waals surface area contributed by atoms with Gasteiger partial charge >= 0.3 is 0 Å². The molecule has 0 aliphatic rings. The fraction of sp³-hybridized carbons (Fsp3) is 0.462. The van der Waals surface area contributed by atoms with E-state index in [0.717, 1.165) is 5.56 Å². The third-order valence-electron chi connectivity index (χ3n) is 2.50. The number of hydrogen-bond acceptors (Lipinski definition) is 3. The first-order chi connectivity index (χ1) is 8.09. The summed E-state index contributed by atoms with van der Waals surface area (Å²) in [6.07, 6.45) is 0.472. The maximum atomic E-state index is 11.4. The Balaban J connectivity index is 2.29. The molecule has 0 saturated heterocycles. The topological polar surface area (TPSA) is 75.3 Å². The summed E-state index contributed by atoms with van der Waals surface area (Å²) in [5.41, 5.74) is 7.01. The molecule has 1 aromatic carbocycles. The molecule has 94 valence electrons. The summed E-state index contributed by atoms with van der Waals surface area (Å²) in [5, 5.41) is 11.7. The van der Waals surface area contributed by atoms with Gasteiger partial charge in [0.25, 0.3) is 0 Å². The molecule has 0 heterocycles. The van der Waals surface area contributed by atoms with Gasteiger partial charge in [0.05, 0.1) is 6.10 Å². The van der Waals surface area contributed by atoms with Crippen molar-refractivity contribution in [1.82, 2.24) is 5.32 Å². The molecule has 0 fully saturated rings. The van der Waals surface area contributed by atoms with E-state index in [9.17, 15) is 4.79 Å². The Hall–Kier alpha value is -1.39. The number of benzene rings is 1. The summed E-state index contributed by atoms with van der Waals surface area (Å²) in [6.45, 7) is 1.93. The number of aliphatic hydroxyl groups excluding tert-OH is 1. The van der Waals surface area contributed by atoms with Gasteiger partial charge in [0.2, 0.25) is 5.91 Å². The van der Waals surface area contributed by atoms with E-state index in [-0.39, 0.29) is 11.9 Å². The van der Waals surface area contributed by atoms with Crippen LogP contribution in [0, 0.1) is 0 Å². The number of aliphatic hydroxyl groups is 1. The highest BCUT2D eigenvalue weighted by atomic mass is 16.3. The third kappa shape index (κ3) is 5.47. The van der Waals surface area contributed by atoms with Crippen LogP contribution in [0.1, 0.15) is 31.4 Å². The lowest BCUT2D eigenvalue weighted by atomic mass is 10.0. The highest BCUT2D eigenvalue weighted by Crippen LogP contribution is 2.14. The average Bonchev–Trinajstić information content (AvgIpc) is 2.34. The molecule has 1 rings (SSSR count). The van der Waals surface area contributed by atoms with Gasteiger partial charge < -0.3 is 16.2 Å². The first-order valence-corrected chi connectivity index (χ1v) is 5.85. The maximum absolute atomic E-state index is 11.4. The van der Waals surface area contributed by atoms with Crippen molar-refractivity contribution in [3.63, 3.8) is 0 Å². The van der Waals surface area contributed by atoms with Gasteiger partial charge in [-0.25, -0.2) is 0 Å². The minimum atomic E-state index is -0.512. The van der Waals surface area contributed by atoms with Crippen LogP contribution in [0.3, 0.4) is 0 Å². The average molecular weight is 236 g/mol. The summed E-state index contributed by atoms with van der Waals surface area (Å²) in [7, 11) is 0. The van der Waals surface area contributed by atoms with Gasteiger partial charge in [-0.15, -0.1) is 0 Å². The van der Waals surface area contributed by atoms with Gasteiger partial charge in [-0.2, -0.15) is 0 Å². The quantitative estimate of drug-likeness (QED) is 0.688. The van der Waals surface area contributed by atoms with E-state index in [1.807, 2.05) is 30.3 Å². The summed E-state index contributed by atoms with van der Waals surface area (Å²) in [4.78, 5) is 11.4. The Morgan fingerprint density at radius 2 is 2.06 bits per heavy atom. The second-order valence-corrected chi connectivity index (χ2v) is 4.21. The van der Waals surface area contributed by atoms with Crippen LogP contribution < -0.4 is 11.1 Å². The van der Waals surface area contributed by atoms with E-state index in [4.69, 9.17) is 10.8 Å². The van der Waals surface area contributed by atoms with Crippen molar-refractivity contribution >= 4 is 5.91 Å². The smallest absolute Gasteiger partial charge is 0.220 e. The zero-order chi connectivity index (χ0) is 12.7. The maximum Gasteiger partial charge on any atom is 0.220 e. The van der Waals surface area contributed by atoms with Gasteiger partial charge in [-0.05, 0) is 18.9 Å². The van der Waals surface area contributed by atoms with Gasteiger partial charge in [0.1, 0.15) is 0 Å². The molecule has 0 aliphatic heterocycles. The number of carbonyl (C=O) groups excluding carboxylic acids is 1. The molecule has 2 atom stereocenters. The monoisotopic (exact) mass is 236 g/mol. The van der Waals surface area contributed by atoms with E-state index < -0.39 is 6.10 Å². The molecular formula is C13H20N2O2. The highest BCUT2D eigenvalue weighted by Gasteiger charge is 2.09. The van der Waals surface area contributed by atoms with Crippen molar-refractivity contribution in [1.29, 1.82) is 0 Å². The fourth-order valence-electron chi connectivity index (χ4n) is 1.50. The largest absolute Gasteiger partial charge is 0.392 e. The van der Waals surface area contributed by atoms with Crippen LogP contribution in [0.2, 0.25) is 0 Å². The van der Waals surface area contributed by atoms with Gasteiger partial charge in [0.15, 0.2) is 0 Å². The molecule has 0 bridgehead atoms. The Morgan fingerprint density at radius 3 is 2.65 bits per heavy atom. The SMILES string of the molecule is C[C@@H](O)CNC(=O)CCC(N)c1ccccc1. The molecule has 1 amide bonds. The predicted octanol–water partition coefficient (Wildman–Crippen LogP) is 0.964. The molecule has 4 nitrogen and oxygen atoms in total. The Morgan fingerprint density at radius 1 is 1.41 bits per heavy atom. The summed E-state index contributed by atoms with van der Waals surface area (Å²) >= 11 is 0. The van der Waals surface area contributed by atoms with E-state index in [1.54, 1.807) is 6.92 Å². The summed E-state index contributed by atoms with van der Waals surface area (Å²) in [6, 6.07) is 9.60. The lowest BCUT2D eigenvalue weighted by Gasteiger charge is -2.12. The number of nitrogens with two attached hydrogens (primary N) is 1. The van der Waals surface area contributed by atoms with Crippen molar-refractivity contribution in [3.8, 4) is 0 Å². The zero-order valence-electron chi connectivity index (χ0n) is 10.1. The predicted molar refractivity (Wildman–Crippen MR) is 67.3 cm³/mol. The molecule has 0 spiro atoms. The van der Waals surface area contributed by atoms with Crippen molar-refractivity contribution < 1.29 is 9.90 Å². The minimum absolute atomic E-state index is 0.0720. The number of amides is 1. The Labute approximate surface area is 102 Å². The summed E-state index contributed by atoms with van der Waals surface area (Å²) in [5.74, 6) is -0.0720. The molecule has 0 saturated carbocycles. The first-order valence-electron chi connectivity index (χ1n) is 5.85. The van der Waals surface area contributed by atoms with Crippen LogP contribution in [0.4, 0.5) is 0 Å². The van der Waals surface area contributed by atoms with E-state index in [2.05, 4.69) is 5.32 Å². The zero-order valence-corrected chi connectivity index (χ0v) is 10.1. The van der Waals surface area contributed by atoms with Crippen molar-refractivity contribution in [2.24, 2.45) is 5.73 Å². The van der Waals surface area contributed by atoms with Crippen LogP contribution in [-0.2, 0) is 4.79 Å². The van der Waals surface area contributed by atoms with Crippen molar-refractivity contribution in [3.05, 3.63) is 35.9 Å². The van der Waals surface area contributed by atoms with E-state index in [1.165, 1.54) is 0 Å². The molecular weight excluding hydrogens is 216 g/mol. The van der Waals surface area contributed by atoms with Gasteiger partial charge in [0, 0.05) is 19.0 Å². The van der Waals surface area contributed by atoms with E-state index >= 15 is 0 Å². The van der Waals surface area contributed by atoms with Crippen LogP contribution in [0.15, 0.2) is 30.3 Å². The van der Waals surface area contributed by atoms with Crippen LogP contribution in [0.25, 0.3) is 0 Å². The Kier molecular flexibility index (Phi) is 5.66. The van der Waals surface area contributed by atoms with Gasteiger partial charge in [-0.3, -0.25) is 4.79 Å². The minimum Gasteiger partial charge on any atom is -0.392 e. The molecule has 1 aromatic rings. The number of nitrogens with one attached hydrogen (secondary N) is 1. The molecule has 17 heavy (non-hydrogen) atoms. The second-order valence-electron chi connectivity index (χ2n) is 4.21. The fourth-order valence-corrected chi connectivity index (χ4v) is 1.50. The Bertz CT molecular complexity index is 339. The number of rotatable bonds is 6. The normalized spacial score (nSPS) is 14.1. The number of carbonyl (C=O) groups is 1. The summed E-state index contributed by atoms with van der Waals surface area (Å²) < 4.78 is 0. The first kappa shape index (κ1) is 13.7. The lowest BCUT2D eigenvalue weighted by molar-refractivity contribution is -0.121. The van der Waals surface area contributed by atoms with Crippen LogP contribution in [-0.4, -0.2) is 23.7 Å². The van der Waals surface area contributed by atoms with Gasteiger partial charge in [-0.1, -0.05) is 30.3 Å². The second kappa shape index (κ2) is 7.04. The van der Waals surface area contributed by atoms with E-state index in [0.29, 0.717) is 19.4 Å². The lowest BCUT2D eigenvalue weighted by Crippen LogP contribution is -2.30. The molecule has 1 unspecified atom stereocenters. The van der Waals surface area contributed by atoms with Crippen molar-refractivity contribution in [2.45, 2.75) is 31.9 Å². The molecule has 4 N–H and O–H groups in total. The molecule has 0 aliphatic carbocycles. The third-order valence-corrected chi connectivity index (χ3v) is 2.50. The molecule has 0 aromatic heterocycles. The highest BCUT2D eigenvalue weighted by molar-refractivity contribution is 5.75. The van der Waals surface area contributed by atoms with Crippen LogP contribution >= 0.6 is 0 Å².